The van der Waals surface area contributed by atoms with Gasteiger partial charge in [-0.2, -0.15) is 6.07 Å². The second-order valence-corrected chi connectivity index (χ2v) is 18.5. The summed E-state index contributed by atoms with van der Waals surface area (Å²) < 4.78 is 15.6. The molecular formula is C58H49N4O2Pt-3. The molecule has 65 heavy (non-hydrogen) atoms. The van der Waals surface area contributed by atoms with E-state index in [1.807, 2.05) is 30.5 Å². The minimum absolute atomic E-state index is 0. The molecule has 0 saturated carbocycles. The van der Waals surface area contributed by atoms with Gasteiger partial charge in [-0.25, -0.2) is 4.98 Å². The van der Waals surface area contributed by atoms with Gasteiger partial charge in [0.2, 0.25) is 0 Å². The normalized spacial score (nSPS) is 12.9. The van der Waals surface area contributed by atoms with Crippen molar-refractivity contribution >= 4 is 66.5 Å². The van der Waals surface area contributed by atoms with Crippen molar-refractivity contribution in [3.05, 3.63) is 187 Å². The van der Waals surface area contributed by atoms with Crippen LogP contribution >= 0.6 is 0 Å². The van der Waals surface area contributed by atoms with Gasteiger partial charge in [0.15, 0.2) is 0 Å². The van der Waals surface area contributed by atoms with Crippen molar-refractivity contribution in [2.24, 2.45) is 0 Å². The van der Waals surface area contributed by atoms with E-state index in [0.717, 1.165) is 77.9 Å². The maximum Gasteiger partial charge on any atom is 0.137 e. The summed E-state index contributed by atoms with van der Waals surface area (Å²) in [6.07, 6.45) is 1.91. The number of nitrogens with zero attached hydrogens (tertiary/aromatic N) is 4. The fraction of sp³-hybridized carbons (Fsp3) is 0.172. The molecule has 4 heterocycles. The monoisotopic (exact) mass is 1030 g/mol. The third-order valence-corrected chi connectivity index (χ3v) is 12.6. The van der Waals surface area contributed by atoms with Crippen LogP contribution in [0.15, 0.2) is 156 Å². The molecule has 3 aromatic heterocycles. The largest absolute Gasteiger partial charge is 0.509 e. The molecule has 7 aromatic carbocycles. The van der Waals surface area contributed by atoms with E-state index in [4.69, 9.17) is 14.1 Å². The predicted molar refractivity (Wildman–Crippen MR) is 264 cm³/mol. The van der Waals surface area contributed by atoms with E-state index in [9.17, 15) is 0 Å². The van der Waals surface area contributed by atoms with E-state index in [-0.39, 0.29) is 26.5 Å². The van der Waals surface area contributed by atoms with Gasteiger partial charge >= 0.3 is 0 Å². The Hall–Kier alpha value is -6.62. The number of furan rings is 1. The van der Waals surface area contributed by atoms with E-state index >= 15 is 0 Å². The molecule has 10 aromatic rings. The Labute approximate surface area is 395 Å². The maximum atomic E-state index is 7.00. The second-order valence-electron chi connectivity index (χ2n) is 18.5. The maximum absolute atomic E-state index is 7.00. The van der Waals surface area contributed by atoms with E-state index < -0.39 is 0 Å². The third kappa shape index (κ3) is 7.29. The molecule has 0 aliphatic carbocycles. The number of ether oxygens (including phenoxy) is 1. The van der Waals surface area contributed by atoms with Gasteiger partial charge in [-0.05, 0) is 93.4 Å². The van der Waals surface area contributed by atoms with E-state index in [1.54, 1.807) is 0 Å². The Morgan fingerprint density at radius 3 is 2.03 bits per heavy atom. The van der Waals surface area contributed by atoms with Gasteiger partial charge in [-0.1, -0.05) is 127 Å². The summed E-state index contributed by atoms with van der Waals surface area (Å²) in [7, 11) is 0. The molecule has 1 aliphatic rings. The van der Waals surface area contributed by atoms with Gasteiger partial charge in [0, 0.05) is 72.1 Å². The van der Waals surface area contributed by atoms with Gasteiger partial charge in [-0.3, -0.25) is 0 Å². The zero-order valence-corrected chi connectivity index (χ0v) is 39.9. The van der Waals surface area contributed by atoms with Crippen molar-refractivity contribution in [3.63, 3.8) is 0 Å². The van der Waals surface area contributed by atoms with Crippen molar-refractivity contribution in [2.75, 3.05) is 9.80 Å². The minimum Gasteiger partial charge on any atom is -0.509 e. The summed E-state index contributed by atoms with van der Waals surface area (Å²) in [6.45, 7) is 18.0. The molecular weight excluding hydrogens is 980 g/mol. The van der Waals surface area contributed by atoms with Crippen LogP contribution in [0.2, 0.25) is 0 Å². The SMILES string of the molecule is CC(C)c1cccc(C(C)C)c1-c1cc(Oc2[c-]c3c(cc2)c2ccccc2n3-c2cc(C(C)(C)C)ccn2)[c-]c(N2[CH-]N(c3cccc4oc5ccccc5c34)c3ccccc32)c1.[Pt]. The number of anilines is 4. The first-order valence-electron chi connectivity index (χ1n) is 22.3. The van der Waals surface area contributed by atoms with Crippen LogP contribution in [0, 0.1) is 18.8 Å². The molecule has 0 saturated heterocycles. The fourth-order valence-corrected chi connectivity index (χ4v) is 9.49. The molecule has 0 radical (unpaired) electrons. The smallest absolute Gasteiger partial charge is 0.137 e. The van der Waals surface area contributed by atoms with Crippen molar-refractivity contribution in [2.45, 2.75) is 65.7 Å². The summed E-state index contributed by atoms with van der Waals surface area (Å²) in [5.74, 6) is 2.64. The van der Waals surface area contributed by atoms with Crippen molar-refractivity contribution in [1.82, 2.24) is 9.55 Å². The first-order chi connectivity index (χ1) is 31.0. The van der Waals surface area contributed by atoms with Gasteiger partial charge in [0.25, 0.3) is 0 Å². The van der Waals surface area contributed by atoms with E-state index in [1.165, 1.54) is 22.3 Å². The molecule has 6 nitrogen and oxygen atoms in total. The molecule has 0 fully saturated rings. The number of aromatic nitrogens is 2. The zero-order valence-electron chi connectivity index (χ0n) is 37.6. The molecule has 326 valence electrons. The van der Waals surface area contributed by atoms with Gasteiger partial charge in [-0.15, -0.1) is 53.6 Å². The number of rotatable bonds is 8. The quantitative estimate of drug-likeness (QED) is 0.142. The fourth-order valence-electron chi connectivity index (χ4n) is 9.49. The van der Waals surface area contributed by atoms with Crippen LogP contribution < -0.4 is 14.5 Å². The van der Waals surface area contributed by atoms with Gasteiger partial charge < -0.3 is 23.5 Å². The van der Waals surface area contributed by atoms with Crippen LogP contribution in [0.1, 0.15) is 77.0 Å². The summed E-state index contributed by atoms with van der Waals surface area (Å²) in [6, 6.07) is 58.6. The second kappa shape index (κ2) is 16.4. The van der Waals surface area contributed by atoms with Crippen LogP contribution in [0.25, 0.3) is 60.7 Å². The topological polar surface area (TPSA) is 46.7 Å². The molecule has 0 unspecified atom stereocenters. The molecule has 0 bridgehead atoms. The number of benzene rings is 7. The summed E-state index contributed by atoms with van der Waals surface area (Å²) >= 11 is 0. The molecule has 11 rings (SSSR count). The summed E-state index contributed by atoms with van der Waals surface area (Å²) in [5.41, 5.74) is 13.7. The first-order valence-corrected chi connectivity index (χ1v) is 22.3. The predicted octanol–water partition coefficient (Wildman–Crippen LogP) is 16.1. The molecule has 0 atom stereocenters. The summed E-state index contributed by atoms with van der Waals surface area (Å²) in [4.78, 5) is 9.41. The minimum atomic E-state index is -0.0398. The molecule has 1 aliphatic heterocycles. The first kappa shape index (κ1) is 42.3. The zero-order chi connectivity index (χ0) is 43.9. The van der Waals surface area contributed by atoms with Crippen molar-refractivity contribution < 1.29 is 30.2 Å². The molecule has 7 heteroatoms. The van der Waals surface area contributed by atoms with Gasteiger partial charge in [0.05, 0.1) is 0 Å². The third-order valence-electron chi connectivity index (χ3n) is 12.6. The summed E-state index contributed by atoms with van der Waals surface area (Å²) in [5, 5.41) is 4.38. The average Bonchev–Trinajstić information content (AvgIpc) is 3.98. The van der Waals surface area contributed by atoms with Crippen LogP contribution in [-0.2, 0) is 26.5 Å². The molecule has 0 N–H and O–H groups in total. The van der Waals surface area contributed by atoms with Crippen LogP contribution in [-0.4, -0.2) is 9.55 Å². The molecule has 0 amide bonds. The van der Waals surface area contributed by atoms with Crippen LogP contribution in [0.4, 0.5) is 22.7 Å². The number of para-hydroxylation sites is 4. The van der Waals surface area contributed by atoms with E-state index in [0.29, 0.717) is 23.3 Å². The Morgan fingerprint density at radius 2 is 1.28 bits per heavy atom. The van der Waals surface area contributed by atoms with Crippen molar-refractivity contribution in [3.8, 4) is 28.4 Å². The van der Waals surface area contributed by atoms with Crippen LogP contribution in [0.5, 0.6) is 11.5 Å². The van der Waals surface area contributed by atoms with Crippen molar-refractivity contribution in [1.29, 1.82) is 0 Å². The Balaban J connectivity index is 0.00000498. The Morgan fingerprint density at radius 1 is 0.615 bits per heavy atom. The number of pyridine rings is 1. The van der Waals surface area contributed by atoms with E-state index in [2.05, 4.69) is 203 Å². The standard InChI is InChI=1S/C58H49N4O2.Pt/c1-36(2)43-18-14-19-44(37(3)4)56(43)38-30-40(60-35-61(50-22-12-11-21-49(50)60)51-23-15-25-54-57(51)47-17-9-13-24-53(47)64-54)33-42(31-38)63-41-26-27-46-45-16-8-10-20-48(45)62(52(46)34-41)55-32-39(28-29-59-55)58(5,6)7;/h8-32,35-37H,1-7H3;/q-3;. The Kier molecular flexibility index (Phi) is 10.7. The number of hydrogen-bond donors (Lipinski definition) is 0. The van der Waals surface area contributed by atoms with Gasteiger partial charge in [0.1, 0.15) is 17.0 Å². The Bertz CT molecular complexity index is 3400. The molecule has 0 spiro atoms. The number of fused-ring (bicyclic) bond motifs is 7. The average molecular weight is 1030 g/mol. The van der Waals surface area contributed by atoms with Crippen LogP contribution in [0.3, 0.4) is 0 Å². The number of hydrogen-bond acceptors (Lipinski definition) is 5.